The topological polar surface area (TPSA) is 79.3 Å². The first-order valence-electron chi connectivity index (χ1n) is 9.55. The van der Waals surface area contributed by atoms with Crippen LogP contribution >= 0.6 is 0 Å². The van der Waals surface area contributed by atoms with E-state index >= 15 is 0 Å². The van der Waals surface area contributed by atoms with Gasteiger partial charge in [-0.05, 0) is 31.0 Å². The smallest absolute Gasteiger partial charge is 0.132 e. The number of aromatic amines is 1. The maximum Gasteiger partial charge on any atom is 0.132 e. The van der Waals surface area contributed by atoms with Crippen molar-refractivity contribution in [2.24, 2.45) is 4.99 Å². The number of hydrogen-bond acceptors (Lipinski definition) is 6. The highest BCUT2D eigenvalue weighted by molar-refractivity contribution is 6.14. The van der Waals surface area contributed by atoms with Gasteiger partial charge in [-0.2, -0.15) is 5.10 Å². The minimum atomic E-state index is 0.686. The zero-order valence-corrected chi connectivity index (χ0v) is 16.1. The summed E-state index contributed by atoms with van der Waals surface area (Å²) in [6.45, 7) is 7.93. The summed E-state index contributed by atoms with van der Waals surface area (Å²) in [4.78, 5) is 16.0. The maximum atomic E-state index is 5.45. The second kappa shape index (κ2) is 6.83. The fraction of sp³-hybridized carbons (Fsp3) is 0.333. The Bertz CT molecular complexity index is 1050. The Labute approximate surface area is 163 Å². The molecule has 0 amide bonds. The molecule has 2 aliphatic rings. The highest BCUT2D eigenvalue weighted by Crippen LogP contribution is 2.31. The summed E-state index contributed by atoms with van der Waals surface area (Å²) < 4.78 is 5.45. The summed E-state index contributed by atoms with van der Waals surface area (Å²) in [6, 6.07) is 8.57. The van der Waals surface area contributed by atoms with Crippen LogP contribution in [0.3, 0.4) is 0 Å². The minimum absolute atomic E-state index is 0.686. The van der Waals surface area contributed by atoms with Gasteiger partial charge in [0.25, 0.3) is 0 Å². The predicted molar refractivity (Wildman–Crippen MR) is 108 cm³/mol. The molecule has 5 rings (SSSR count). The Hall–Kier alpha value is -3.06. The van der Waals surface area contributed by atoms with Gasteiger partial charge < -0.3 is 9.64 Å². The van der Waals surface area contributed by atoms with Gasteiger partial charge in [-0.25, -0.2) is 9.97 Å². The van der Waals surface area contributed by atoms with Crippen molar-refractivity contribution < 1.29 is 4.74 Å². The highest BCUT2D eigenvalue weighted by Gasteiger charge is 2.22. The van der Waals surface area contributed by atoms with E-state index in [1.807, 2.05) is 13.0 Å². The molecule has 7 nitrogen and oxygen atoms in total. The van der Waals surface area contributed by atoms with Gasteiger partial charge in [0.05, 0.1) is 36.9 Å². The average molecular weight is 374 g/mol. The summed E-state index contributed by atoms with van der Waals surface area (Å²) in [5, 5.41) is 7.41. The Morgan fingerprint density at radius 1 is 1.07 bits per heavy atom. The first-order chi connectivity index (χ1) is 13.7. The Morgan fingerprint density at radius 3 is 2.71 bits per heavy atom. The van der Waals surface area contributed by atoms with Gasteiger partial charge in [0.15, 0.2) is 0 Å². The fourth-order valence-electron chi connectivity index (χ4n) is 3.98. The van der Waals surface area contributed by atoms with Crippen LogP contribution in [-0.2, 0) is 11.3 Å². The molecular formula is C21H22N6O. The lowest BCUT2D eigenvalue weighted by Gasteiger charge is -2.27. The third kappa shape index (κ3) is 2.88. The lowest BCUT2D eigenvalue weighted by Crippen LogP contribution is -2.36. The molecule has 2 aromatic heterocycles. The van der Waals surface area contributed by atoms with Crippen molar-refractivity contribution in [2.45, 2.75) is 20.4 Å². The van der Waals surface area contributed by atoms with Crippen LogP contribution in [0.25, 0.3) is 11.1 Å². The van der Waals surface area contributed by atoms with Crippen LogP contribution in [0.15, 0.2) is 35.6 Å². The van der Waals surface area contributed by atoms with Gasteiger partial charge in [-0.15, -0.1) is 0 Å². The molecule has 0 radical (unpaired) electrons. The predicted octanol–water partition coefficient (Wildman–Crippen LogP) is 2.67. The molecule has 3 aromatic rings. The number of aliphatic imine (C=N–C) groups is 1. The van der Waals surface area contributed by atoms with Crippen LogP contribution in [-0.4, -0.2) is 52.2 Å². The van der Waals surface area contributed by atoms with Crippen molar-refractivity contribution in [1.82, 2.24) is 20.2 Å². The minimum Gasteiger partial charge on any atom is -0.378 e. The van der Waals surface area contributed by atoms with Gasteiger partial charge >= 0.3 is 0 Å². The van der Waals surface area contributed by atoms with E-state index in [4.69, 9.17) is 9.73 Å². The largest absolute Gasteiger partial charge is 0.378 e. The molecule has 1 N–H and O–H groups in total. The number of anilines is 1. The number of H-pyrrole nitrogens is 1. The van der Waals surface area contributed by atoms with E-state index in [1.54, 1.807) is 6.33 Å². The zero-order chi connectivity index (χ0) is 19.1. The molecule has 0 atom stereocenters. The zero-order valence-electron chi connectivity index (χ0n) is 16.1. The Morgan fingerprint density at radius 2 is 1.93 bits per heavy atom. The molecule has 1 aromatic carbocycles. The highest BCUT2D eigenvalue weighted by atomic mass is 16.5. The van der Waals surface area contributed by atoms with Crippen molar-refractivity contribution in [2.75, 3.05) is 31.2 Å². The number of nitrogens with one attached hydrogen (secondary N) is 1. The normalized spacial score (nSPS) is 16.2. The molecule has 0 unspecified atom stereocenters. The number of ether oxygens (including phenoxy) is 1. The third-order valence-corrected chi connectivity index (χ3v) is 5.42. The first kappa shape index (κ1) is 17.1. The van der Waals surface area contributed by atoms with Gasteiger partial charge in [-0.3, -0.25) is 10.1 Å². The molecule has 0 bridgehead atoms. The molecule has 1 fully saturated rings. The number of hydrogen-bond donors (Lipinski definition) is 1. The second-order valence-corrected chi connectivity index (χ2v) is 7.21. The number of aryl methyl sites for hydroxylation is 2. The lowest BCUT2D eigenvalue weighted by atomic mass is 9.96. The molecule has 4 heterocycles. The number of morpholine rings is 1. The van der Waals surface area contributed by atoms with Gasteiger partial charge in [0.1, 0.15) is 12.1 Å². The SMILES string of the molecule is Cc1n[nH]c(C)c1-c1ccc2c(c1)C(c1cc(N3CCOCC3)ncn1)=NC2. The molecular weight excluding hydrogens is 352 g/mol. The second-order valence-electron chi connectivity index (χ2n) is 7.21. The molecule has 7 heteroatoms. The average Bonchev–Trinajstić information content (AvgIpc) is 3.31. The van der Waals surface area contributed by atoms with Crippen molar-refractivity contribution in [3.8, 4) is 11.1 Å². The quantitative estimate of drug-likeness (QED) is 0.762. The number of benzene rings is 1. The Balaban J connectivity index is 1.52. The Kier molecular flexibility index (Phi) is 4.16. The van der Waals surface area contributed by atoms with Gasteiger partial charge in [0, 0.05) is 36.0 Å². The fourth-order valence-corrected chi connectivity index (χ4v) is 3.98. The van der Waals surface area contributed by atoms with E-state index in [1.165, 1.54) is 5.56 Å². The summed E-state index contributed by atoms with van der Waals surface area (Å²) >= 11 is 0. The standard InChI is InChI=1S/C21H22N6O/c1-13-20(14(2)26-25-13)15-3-4-16-11-22-21(17(16)9-15)18-10-19(24-12-23-18)27-5-7-28-8-6-27/h3-4,9-10,12H,5-8,11H2,1-2H3,(H,25,26). The van der Waals surface area contributed by atoms with E-state index in [0.717, 1.165) is 71.6 Å². The van der Waals surface area contributed by atoms with Crippen molar-refractivity contribution in [3.05, 3.63) is 58.8 Å². The number of fused-ring (bicyclic) bond motifs is 1. The van der Waals surface area contributed by atoms with Crippen LogP contribution in [0.1, 0.15) is 28.2 Å². The summed E-state index contributed by atoms with van der Waals surface area (Å²) in [6.07, 6.45) is 1.63. The van der Waals surface area contributed by atoms with E-state index in [-0.39, 0.29) is 0 Å². The number of nitrogens with zero attached hydrogens (tertiary/aromatic N) is 5. The summed E-state index contributed by atoms with van der Waals surface area (Å²) in [5.41, 5.74) is 8.57. The van der Waals surface area contributed by atoms with Crippen LogP contribution in [0, 0.1) is 13.8 Å². The lowest BCUT2D eigenvalue weighted by molar-refractivity contribution is 0.122. The van der Waals surface area contributed by atoms with E-state index in [9.17, 15) is 0 Å². The summed E-state index contributed by atoms with van der Waals surface area (Å²) in [7, 11) is 0. The van der Waals surface area contributed by atoms with Gasteiger partial charge in [0.2, 0.25) is 0 Å². The molecule has 2 aliphatic heterocycles. The summed E-state index contributed by atoms with van der Waals surface area (Å²) in [5.74, 6) is 0.933. The van der Waals surface area contributed by atoms with Crippen molar-refractivity contribution in [3.63, 3.8) is 0 Å². The third-order valence-electron chi connectivity index (χ3n) is 5.42. The first-order valence-corrected chi connectivity index (χ1v) is 9.55. The van der Waals surface area contributed by atoms with E-state index < -0.39 is 0 Å². The molecule has 0 aliphatic carbocycles. The van der Waals surface area contributed by atoms with Crippen LogP contribution in [0.2, 0.25) is 0 Å². The molecule has 28 heavy (non-hydrogen) atoms. The number of aromatic nitrogens is 4. The number of rotatable bonds is 3. The molecule has 0 saturated carbocycles. The van der Waals surface area contributed by atoms with Crippen LogP contribution in [0.4, 0.5) is 5.82 Å². The molecule has 1 saturated heterocycles. The van der Waals surface area contributed by atoms with Crippen LogP contribution < -0.4 is 4.90 Å². The van der Waals surface area contributed by atoms with Crippen molar-refractivity contribution >= 4 is 11.5 Å². The monoisotopic (exact) mass is 374 g/mol. The van der Waals surface area contributed by atoms with Crippen molar-refractivity contribution in [1.29, 1.82) is 0 Å². The molecule has 142 valence electrons. The van der Waals surface area contributed by atoms with E-state index in [2.05, 4.69) is 50.2 Å². The maximum absolute atomic E-state index is 5.45. The van der Waals surface area contributed by atoms with E-state index in [0.29, 0.717) is 6.54 Å². The van der Waals surface area contributed by atoms with Crippen LogP contribution in [0.5, 0.6) is 0 Å². The molecule has 0 spiro atoms. The van der Waals surface area contributed by atoms with Gasteiger partial charge in [-0.1, -0.05) is 12.1 Å².